The molecule has 0 saturated heterocycles. The lowest BCUT2D eigenvalue weighted by atomic mass is 10.3. The van der Waals surface area contributed by atoms with Gasteiger partial charge in [-0.3, -0.25) is 20.4 Å². The summed E-state index contributed by atoms with van der Waals surface area (Å²) in [6.07, 6.45) is 0. The van der Waals surface area contributed by atoms with Gasteiger partial charge in [-0.05, 0) is 47.1 Å². The zero-order chi connectivity index (χ0) is 18.6. The minimum absolute atomic E-state index is 0.353. The van der Waals surface area contributed by atoms with Crippen molar-refractivity contribution in [3.8, 4) is 0 Å². The number of amides is 2. The van der Waals surface area contributed by atoms with Gasteiger partial charge in [0.05, 0.1) is 14.7 Å². The van der Waals surface area contributed by atoms with Crippen molar-refractivity contribution in [1.29, 1.82) is 0 Å². The molecule has 7 nitrogen and oxygen atoms in total. The molecule has 2 rings (SSSR count). The van der Waals surface area contributed by atoms with E-state index in [9.17, 15) is 22.4 Å². The number of nitrogens with one attached hydrogen (secondary N) is 3. The normalized spacial score (nSPS) is 12.4. The van der Waals surface area contributed by atoms with E-state index >= 15 is 0 Å². The van der Waals surface area contributed by atoms with Crippen molar-refractivity contribution >= 4 is 49.1 Å². The van der Waals surface area contributed by atoms with Gasteiger partial charge >= 0.3 is 0 Å². The molecule has 0 unspecified atom stereocenters. The number of benzene rings is 1. The second-order valence-electron chi connectivity index (χ2n) is 4.82. The fourth-order valence-electron chi connectivity index (χ4n) is 1.74. The first kappa shape index (κ1) is 19.5. The van der Waals surface area contributed by atoms with E-state index in [4.69, 9.17) is 0 Å². The van der Waals surface area contributed by atoms with Gasteiger partial charge in [0.25, 0.3) is 11.8 Å². The Bertz CT molecular complexity index is 901. The SMILES string of the molecule is C[C@H](NS(=O)(=O)c1ccccc1F)C(=O)NNC(=O)c1ccc(Br)s1. The minimum Gasteiger partial charge on any atom is -0.271 e. The second-order valence-corrected chi connectivity index (χ2v) is 8.97. The van der Waals surface area contributed by atoms with Crippen LogP contribution in [0, 0.1) is 5.82 Å². The molecule has 134 valence electrons. The van der Waals surface area contributed by atoms with Gasteiger partial charge in [0, 0.05) is 0 Å². The van der Waals surface area contributed by atoms with Gasteiger partial charge in [-0.2, -0.15) is 4.72 Å². The fraction of sp³-hybridized carbons (Fsp3) is 0.143. The molecule has 1 aromatic carbocycles. The van der Waals surface area contributed by atoms with Crippen LogP contribution in [-0.4, -0.2) is 26.3 Å². The number of halogens is 2. The van der Waals surface area contributed by atoms with Crippen molar-refractivity contribution in [3.63, 3.8) is 0 Å². The van der Waals surface area contributed by atoms with Gasteiger partial charge in [-0.1, -0.05) is 12.1 Å². The molecule has 0 radical (unpaired) electrons. The lowest BCUT2D eigenvalue weighted by Crippen LogP contribution is -2.51. The number of rotatable bonds is 5. The summed E-state index contributed by atoms with van der Waals surface area (Å²) in [4.78, 5) is 23.5. The molecule has 0 aliphatic rings. The van der Waals surface area contributed by atoms with Crippen LogP contribution in [0.25, 0.3) is 0 Å². The molecule has 0 saturated carbocycles. The summed E-state index contributed by atoms with van der Waals surface area (Å²) in [6, 6.07) is 6.79. The summed E-state index contributed by atoms with van der Waals surface area (Å²) in [7, 11) is -4.23. The molecule has 0 aliphatic carbocycles. The first-order valence-electron chi connectivity index (χ1n) is 6.83. The van der Waals surface area contributed by atoms with E-state index in [2.05, 4.69) is 26.8 Å². The molecular weight excluding hydrogens is 437 g/mol. The third-order valence-electron chi connectivity index (χ3n) is 2.95. The topological polar surface area (TPSA) is 104 Å². The number of carbonyl (C=O) groups is 2. The summed E-state index contributed by atoms with van der Waals surface area (Å²) in [5, 5.41) is 0. The molecule has 11 heteroatoms. The first-order chi connectivity index (χ1) is 11.7. The number of carbonyl (C=O) groups excluding carboxylic acids is 2. The first-order valence-corrected chi connectivity index (χ1v) is 9.92. The lowest BCUT2D eigenvalue weighted by Gasteiger charge is -2.15. The minimum atomic E-state index is -4.23. The second kappa shape index (κ2) is 8.04. The molecule has 1 heterocycles. The van der Waals surface area contributed by atoms with E-state index in [0.29, 0.717) is 4.88 Å². The number of thiophene rings is 1. The summed E-state index contributed by atoms with van der Waals surface area (Å²) in [5.74, 6) is -2.28. The molecule has 0 fully saturated rings. The van der Waals surface area contributed by atoms with E-state index in [1.807, 2.05) is 4.72 Å². The maximum absolute atomic E-state index is 13.6. The predicted molar refractivity (Wildman–Crippen MR) is 93.8 cm³/mol. The number of hydrazine groups is 1. The van der Waals surface area contributed by atoms with E-state index in [0.717, 1.165) is 27.3 Å². The van der Waals surface area contributed by atoms with Crippen LogP contribution >= 0.6 is 27.3 Å². The van der Waals surface area contributed by atoms with Crippen LogP contribution in [-0.2, 0) is 14.8 Å². The Labute approximate surface area is 155 Å². The van der Waals surface area contributed by atoms with Gasteiger partial charge < -0.3 is 0 Å². The Morgan fingerprint density at radius 3 is 2.44 bits per heavy atom. The molecule has 0 aliphatic heterocycles. The number of hydrogen-bond acceptors (Lipinski definition) is 5. The lowest BCUT2D eigenvalue weighted by molar-refractivity contribution is -0.123. The summed E-state index contributed by atoms with van der Waals surface area (Å²) in [6.45, 7) is 1.27. The third-order valence-corrected chi connectivity index (χ3v) is 6.14. The van der Waals surface area contributed by atoms with Crippen LogP contribution in [0.2, 0.25) is 0 Å². The fourth-order valence-corrected chi connectivity index (χ4v) is 4.30. The van der Waals surface area contributed by atoms with Crippen molar-refractivity contribution in [1.82, 2.24) is 15.6 Å². The van der Waals surface area contributed by atoms with Gasteiger partial charge in [0.1, 0.15) is 10.7 Å². The average molecular weight is 450 g/mol. The Morgan fingerprint density at radius 2 is 1.84 bits per heavy atom. The monoisotopic (exact) mass is 449 g/mol. The van der Waals surface area contributed by atoms with Crippen LogP contribution in [0.3, 0.4) is 0 Å². The molecule has 0 spiro atoms. The molecule has 25 heavy (non-hydrogen) atoms. The molecule has 0 bridgehead atoms. The van der Waals surface area contributed by atoms with Crippen LogP contribution < -0.4 is 15.6 Å². The molecule has 2 aromatic rings. The van der Waals surface area contributed by atoms with Crippen molar-refractivity contribution in [2.45, 2.75) is 17.9 Å². The molecular formula is C14H13BrFN3O4S2. The summed E-state index contributed by atoms with van der Waals surface area (Å²) < 4.78 is 40.6. The largest absolute Gasteiger partial charge is 0.279 e. The van der Waals surface area contributed by atoms with Gasteiger partial charge in [-0.15, -0.1) is 11.3 Å². The van der Waals surface area contributed by atoms with Crippen molar-refractivity contribution in [2.75, 3.05) is 0 Å². The highest BCUT2D eigenvalue weighted by Crippen LogP contribution is 2.21. The standard InChI is InChI=1S/C14H13BrFN3O4S2/c1-8(19-25(22,23)11-5-3-2-4-9(11)16)13(20)17-18-14(21)10-6-7-12(15)24-10/h2-8,19H,1H3,(H,17,20)(H,18,21)/t8-/m0/s1. The smallest absolute Gasteiger partial charge is 0.271 e. The third kappa shape index (κ3) is 5.08. The molecule has 1 aromatic heterocycles. The highest BCUT2D eigenvalue weighted by molar-refractivity contribution is 9.11. The van der Waals surface area contributed by atoms with Gasteiger partial charge in [-0.25, -0.2) is 12.8 Å². The van der Waals surface area contributed by atoms with E-state index < -0.39 is 38.6 Å². The zero-order valence-corrected chi connectivity index (χ0v) is 16.0. The maximum atomic E-state index is 13.6. The van der Waals surface area contributed by atoms with Crippen LogP contribution in [0.4, 0.5) is 4.39 Å². The Kier molecular flexibility index (Phi) is 6.27. The Morgan fingerprint density at radius 1 is 1.16 bits per heavy atom. The zero-order valence-electron chi connectivity index (χ0n) is 12.7. The van der Waals surface area contributed by atoms with E-state index in [-0.39, 0.29) is 0 Å². The summed E-state index contributed by atoms with van der Waals surface area (Å²) in [5.41, 5.74) is 4.28. The highest BCUT2D eigenvalue weighted by atomic mass is 79.9. The van der Waals surface area contributed by atoms with Crippen molar-refractivity contribution in [2.24, 2.45) is 0 Å². The maximum Gasteiger partial charge on any atom is 0.279 e. The van der Waals surface area contributed by atoms with E-state index in [1.54, 1.807) is 12.1 Å². The Hall–Kier alpha value is -1.82. The Balaban J connectivity index is 1.96. The molecule has 3 N–H and O–H groups in total. The van der Waals surface area contributed by atoms with Gasteiger partial charge in [0.2, 0.25) is 10.0 Å². The number of sulfonamides is 1. The highest BCUT2D eigenvalue weighted by Gasteiger charge is 2.24. The van der Waals surface area contributed by atoms with Crippen LogP contribution in [0.1, 0.15) is 16.6 Å². The van der Waals surface area contributed by atoms with Crippen LogP contribution in [0.15, 0.2) is 45.1 Å². The van der Waals surface area contributed by atoms with Gasteiger partial charge in [0.15, 0.2) is 0 Å². The molecule has 1 atom stereocenters. The predicted octanol–water partition coefficient (Wildman–Crippen LogP) is 1.78. The molecule has 2 amide bonds. The quantitative estimate of drug-likeness (QED) is 0.604. The summed E-state index contributed by atoms with van der Waals surface area (Å²) >= 11 is 4.37. The average Bonchev–Trinajstić information content (AvgIpc) is 2.98. The van der Waals surface area contributed by atoms with E-state index in [1.165, 1.54) is 19.1 Å². The number of hydrogen-bond donors (Lipinski definition) is 3. The van der Waals surface area contributed by atoms with Crippen LogP contribution in [0.5, 0.6) is 0 Å². The van der Waals surface area contributed by atoms with Crippen molar-refractivity contribution in [3.05, 3.63) is 50.9 Å². The van der Waals surface area contributed by atoms with Crippen molar-refractivity contribution < 1.29 is 22.4 Å².